The van der Waals surface area contributed by atoms with Gasteiger partial charge in [0.05, 0.1) is 11.3 Å². The van der Waals surface area contributed by atoms with Crippen molar-refractivity contribution in [1.29, 1.82) is 0 Å². The van der Waals surface area contributed by atoms with Crippen LogP contribution in [-0.4, -0.2) is 23.5 Å². The molecular weight excluding hydrogens is 254 g/mol. The Kier molecular flexibility index (Phi) is 5.74. The van der Waals surface area contributed by atoms with E-state index in [0.29, 0.717) is 12.8 Å². The Bertz CT molecular complexity index is 452. The van der Waals surface area contributed by atoms with Gasteiger partial charge in [-0.3, -0.25) is 9.59 Å². The molecule has 1 unspecified atom stereocenters. The van der Waals surface area contributed by atoms with Crippen LogP contribution in [0.15, 0.2) is 30.3 Å². The van der Waals surface area contributed by atoms with E-state index in [-0.39, 0.29) is 18.4 Å². The lowest BCUT2D eigenvalue weighted by Crippen LogP contribution is -2.43. The summed E-state index contributed by atoms with van der Waals surface area (Å²) in [6.07, 6.45) is 0.998. The fourth-order valence-corrected chi connectivity index (χ4v) is 2.18. The van der Waals surface area contributed by atoms with Crippen LogP contribution < -0.4 is 5.32 Å². The third-order valence-corrected chi connectivity index (χ3v) is 4.10. The van der Waals surface area contributed by atoms with Crippen molar-refractivity contribution < 1.29 is 14.7 Å². The molecule has 4 heteroatoms. The molecule has 0 aliphatic rings. The number of hydrogen-bond acceptors (Lipinski definition) is 2. The average molecular weight is 277 g/mol. The zero-order valence-corrected chi connectivity index (χ0v) is 12.3. The predicted molar refractivity (Wildman–Crippen MR) is 78.5 cm³/mol. The number of hydrogen-bond donors (Lipinski definition) is 2. The molecule has 1 amide bonds. The molecule has 0 saturated carbocycles. The van der Waals surface area contributed by atoms with Gasteiger partial charge in [-0.2, -0.15) is 0 Å². The SMILES string of the molecule is CCC(CC)(CNC(=O)C(C)c1ccccc1)C(=O)O. The topological polar surface area (TPSA) is 66.4 Å². The number of aliphatic carboxylic acids is 1. The molecule has 0 spiro atoms. The van der Waals surface area contributed by atoms with Gasteiger partial charge in [0.2, 0.25) is 5.91 Å². The maximum absolute atomic E-state index is 12.1. The van der Waals surface area contributed by atoms with Crippen molar-refractivity contribution in [2.75, 3.05) is 6.54 Å². The van der Waals surface area contributed by atoms with E-state index in [0.717, 1.165) is 5.56 Å². The second kappa shape index (κ2) is 7.08. The van der Waals surface area contributed by atoms with Crippen LogP contribution in [0.2, 0.25) is 0 Å². The molecule has 20 heavy (non-hydrogen) atoms. The average Bonchev–Trinajstić information content (AvgIpc) is 2.48. The summed E-state index contributed by atoms with van der Waals surface area (Å²) in [7, 11) is 0. The van der Waals surface area contributed by atoms with Crippen molar-refractivity contribution in [3.8, 4) is 0 Å². The van der Waals surface area contributed by atoms with Gasteiger partial charge in [0.25, 0.3) is 0 Å². The summed E-state index contributed by atoms with van der Waals surface area (Å²) in [6, 6.07) is 9.47. The van der Waals surface area contributed by atoms with Crippen molar-refractivity contribution >= 4 is 11.9 Å². The van der Waals surface area contributed by atoms with Gasteiger partial charge in [-0.15, -0.1) is 0 Å². The van der Waals surface area contributed by atoms with E-state index in [2.05, 4.69) is 5.32 Å². The van der Waals surface area contributed by atoms with Crippen molar-refractivity contribution in [3.63, 3.8) is 0 Å². The summed E-state index contributed by atoms with van der Waals surface area (Å²) < 4.78 is 0. The number of nitrogens with one attached hydrogen (secondary N) is 1. The Morgan fingerprint density at radius 2 is 1.75 bits per heavy atom. The van der Waals surface area contributed by atoms with E-state index in [9.17, 15) is 14.7 Å². The Hall–Kier alpha value is -1.84. The molecule has 0 aromatic heterocycles. The number of amides is 1. The molecule has 1 atom stereocenters. The largest absolute Gasteiger partial charge is 0.481 e. The Labute approximate surface area is 120 Å². The van der Waals surface area contributed by atoms with Gasteiger partial charge in [-0.05, 0) is 25.3 Å². The second-order valence-corrected chi connectivity index (χ2v) is 5.14. The first kappa shape index (κ1) is 16.2. The molecule has 2 N–H and O–H groups in total. The second-order valence-electron chi connectivity index (χ2n) is 5.14. The predicted octanol–water partition coefficient (Wildman–Crippen LogP) is 2.80. The van der Waals surface area contributed by atoms with Crippen LogP contribution in [0.25, 0.3) is 0 Å². The summed E-state index contributed by atoms with van der Waals surface area (Å²) in [5.41, 5.74) is 0.0606. The molecule has 1 aromatic carbocycles. The molecule has 0 heterocycles. The molecule has 110 valence electrons. The van der Waals surface area contributed by atoms with Crippen molar-refractivity contribution in [3.05, 3.63) is 35.9 Å². The van der Waals surface area contributed by atoms with Gasteiger partial charge in [0.1, 0.15) is 0 Å². The van der Waals surface area contributed by atoms with Gasteiger partial charge in [0, 0.05) is 6.54 Å². The summed E-state index contributed by atoms with van der Waals surface area (Å²) in [5, 5.41) is 12.1. The zero-order chi connectivity index (χ0) is 15.2. The normalized spacial score (nSPS) is 12.8. The van der Waals surface area contributed by atoms with Crippen LogP contribution in [0, 0.1) is 5.41 Å². The number of benzene rings is 1. The van der Waals surface area contributed by atoms with Crippen molar-refractivity contribution in [1.82, 2.24) is 5.32 Å². The number of carbonyl (C=O) groups is 2. The quantitative estimate of drug-likeness (QED) is 0.805. The van der Waals surface area contributed by atoms with E-state index < -0.39 is 11.4 Å². The first-order valence-corrected chi connectivity index (χ1v) is 7.03. The highest BCUT2D eigenvalue weighted by Gasteiger charge is 2.35. The lowest BCUT2D eigenvalue weighted by Gasteiger charge is -2.27. The van der Waals surface area contributed by atoms with E-state index in [1.165, 1.54) is 0 Å². The van der Waals surface area contributed by atoms with E-state index in [1.54, 1.807) is 0 Å². The highest BCUT2D eigenvalue weighted by molar-refractivity contribution is 5.84. The van der Waals surface area contributed by atoms with Crippen LogP contribution >= 0.6 is 0 Å². The summed E-state index contributed by atoms with van der Waals surface area (Å²) in [4.78, 5) is 23.5. The molecular formula is C16H23NO3. The molecule has 0 aliphatic carbocycles. The Balaban J connectivity index is 2.69. The van der Waals surface area contributed by atoms with Crippen LogP contribution in [-0.2, 0) is 9.59 Å². The fraction of sp³-hybridized carbons (Fsp3) is 0.500. The highest BCUT2D eigenvalue weighted by atomic mass is 16.4. The highest BCUT2D eigenvalue weighted by Crippen LogP contribution is 2.26. The standard InChI is InChI=1S/C16H23NO3/c1-4-16(5-2,15(19)20)11-17-14(18)12(3)13-9-7-6-8-10-13/h6-10,12H,4-5,11H2,1-3H3,(H,17,18)(H,19,20). The third kappa shape index (κ3) is 3.59. The summed E-state index contributed by atoms with van der Waals surface area (Å²) >= 11 is 0. The molecule has 0 fully saturated rings. The number of carboxylic acid groups (broad SMARTS) is 1. The molecule has 0 aliphatic heterocycles. The summed E-state index contributed by atoms with van der Waals surface area (Å²) in [5.74, 6) is -1.27. The van der Waals surface area contributed by atoms with E-state index >= 15 is 0 Å². The number of carbonyl (C=O) groups excluding carboxylic acids is 1. The van der Waals surface area contributed by atoms with Gasteiger partial charge in [-0.25, -0.2) is 0 Å². The summed E-state index contributed by atoms with van der Waals surface area (Å²) in [6.45, 7) is 5.67. The molecule has 0 radical (unpaired) electrons. The Morgan fingerprint density at radius 3 is 2.20 bits per heavy atom. The van der Waals surface area contributed by atoms with Crippen molar-refractivity contribution in [2.24, 2.45) is 5.41 Å². The Morgan fingerprint density at radius 1 is 1.20 bits per heavy atom. The van der Waals surface area contributed by atoms with Crippen LogP contribution in [0.3, 0.4) is 0 Å². The minimum absolute atomic E-state index is 0.135. The fourth-order valence-electron chi connectivity index (χ4n) is 2.18. The van der Waals surface area contributed by atoms with Crippen LogP contribution in [0.5, 0.6) is 0 Å². The zero-order valence-electron chi connectivity index (χ0n) is 12.3. The maximum Gasteiger partial charge on any atom is 0.311 e. The number of rotatable bonds is 7. The van der Waals surface area contributed by atoms with Crippen molar-refractivity contribution in [2.45, 2.75) is 39.5 Å². The monoisotopic (exact) mass is 277 g/mol. The minimum atomic E-state index is -0.869. The first-order chi connectivity index (χ1) is 9.46. The van der Waals surface area contributed by atoms with Gasteiger partial charge >= 0.3 is 5.97 Å². The maximum atomic E-state index is 12.1. The molecule has 1 rings (SSSR count). The van der Waals surface area contributed by atoms with Crippen LogP contribution in [0.4, 0.5) is 0 Å². The van der Waals surface area contributed by atoms with E-state index in [4.69, 9.17) is 0 Å². The molecule has 0 saturated heterocycles. The van der Waals surface area contributed by atoms with Crippen LogP contribution in [0.1, 0.15) is 45.1 Å². The lowest BCUT2D eigenvalue weighted by atomic mass is 9.82. The molecule has 1 aromatic rings. The van der Waals surface area contributed by atoms with Gasteiger partial charge in [0.15, 0.2) is 0 Å². The molecule has 0 bridgehead atoms. The smallest absolute Gasteiger partial charge is 0.311 e. The lowest BCUT2D eigenvalue weighted by molar-refractivity contribution is -0.149. The molecule has 4 nitrogen and oxygen atoms in total. The van der Waals surface area contributed by atoms with Gasteiger partial charge < -0.3 is 10.4 Å². The number of carboxylic acids is 1. The first-order valence-electron chi connectivity index (χ1n) is 7.03. The third-order valence-electron chi connectivity index (χ3n) is 4.10. The van der Waals surface area contributed by atoms with Gasteiger partial charge in [-0.1, -0.05) is 44.2 Å². The minimum Gasteiger partial charge on any atom is -0.481 e. The van der Waals surface area contributed by atoms with E-state index in [1.807, 2.05) is 51.1 Å².